The fourth-order valence-corrected chi connectivity index (χ4v) is 3.85. The number of H-pyrrole nitrogens is 1. The average Bonchev–Trinajstić information content (AvgIpc) is 3.46. The Morgan fingerprint density at radius 2 is 1.30 bits per heavy atom. The van der Waals surface area contributed by atoms with Crippen LogP contribution < -0.4 is 11.5 Å². The third kappa shape index (κ3) is 8.09. The number of nitrogens with zero attached hydrogens (tertiary/aromatic N) is 3. The summed E-state index contributed by atoms with van der Waals surface area (Å²) in [5, 5.41) is 26.2. The quantitative estimate of drug-likeness (QED) is 0.150. The van der Waals surface area contributed by atoms with Gasteiger partial charge in [-0.25, -0.2) is 33.7 Å². The van der Waals surface area contributed by atoms with Crippen molar-refractivity contribution in [2.45, 2.75) is 40.2 Å². The molecule has 0 aliphatic rings. The Kier molecular flexibility index (Phi) is 9.58. The van der Waals surface area contributed by atoms with Crippen LogP contribution in [0.4, 0.5) is 16.2 Å². The van der Waals surface area contributed by atoms with Crippen molar-refractivity contribution in [3.63, 3.8) is 0 Å². The first-order valence-corrected chi connectivity index (χ1v) is 13.0. The van der Waals surface area contributed by atoms with Gasteiger partial charge in [-0.2, -0.15) is 0 Å². The minimum atomic E-state index is -1.03. The lowest BCUT2D eigenvalue weighted by atomic mass is 10.2. The molecular formula is C30H32N6O8. The maximum atomic E-state index is 12.2. The summed E-state index contributed by atoms with van der Waals surface area (Å²) < 4.78 is 6.66. The van der Waals surface area contributed by atoms with Gasteiger partial charge in [-0.15, -0.1) is 0 Å². The number of carboxylic acids is 3. The zero-order valence-electron chi connectivity index (χ0n) is 24.6. The van der Waals surface area contributed by atoms with Gasteiger partial charge in [-0.1, -0.05) is 0 Å². The van der Waals surface area contributed by atoms with Crippen LogP contribution in [-0.2, 0) is 4.74 Å². The lowest BCUT2D eigenvalue weighted by molar-refractivity contribution is 0.0538. The van der Waals surface area contributed by atoms with E-state index in [1.807, 2.05) is 6.92 Å². The highest BCUT2D eigenvalue weighted by molar-refractivity contribution is 5.95. The molecule has 3 aromatic carbocycles. The van der Waals surface area contributed by atoms with Crippen molar-refractivity contribution < 1.29 is 39.2 Å². The number of benzene rings is 3. The first-order chi connectivity index (χ1) is 20.5. The Bertz CT molecular complexity index is 1880. The van der Waals surface area contributed by atoms with Gasteiger partial charge in [0.05, 0.1) is 50.1 Å². The van der Waals surface area contributed by atoms with Gasteiger partial charge in [-0.3, -0.25) is 0 Å². The Balaban J connectivity index is 0.000000191. The summed E-state index contributed by atoms with van der Waals surface area (Å²) in [5.74, 6) is -1.71. The fraction of sp³-hybridized carbons (Fsp3) is 0.200. The monoisotopic (exact) mass is 604 g/mol. The highest BCUT2D eigenvalue weighted by Crippen LogP contribution is 2.20. The first kappa shape index (κ1) is 32.6. The summed E-state index contributed by atoms with van der Waals surface area (Å²) in [6.45, 7) is 8.84. The van der Waals surface area contributed by atoms with Crippen LogP contribution in [0.2, 0.25) is 0 Å². The predicted molar refractivity (Wildman–Crippen MR) is 163 cm³/mol. The number of carbonyl (C=O) groups is 4. The van der Waals surface area contributed by atoms with E-state index >= 15 is 0 Å². The Morgan fingerprint density at radius 3 is 1.86 bits per heavy atom. The van der Waals surface area contributed by atoms with Gasteiger partial charge in [0, 0.05) is 0 Å². The molecule has 0 atom stereocenters. The maximum absolute atomic E-state index is 12.2. The first-order valence-electron chi connectivity index (χ1n) is 13.0. The van der Waals surface area contributed by atoms with Gasteiger partial charge in [-0.05, 0) is 89.2 Å². The standard InChI is InChI=1S/C14H16N2O4.C9H8N2O2.C7H8N2O2/c1-8-15-10-7-9(12(17)18)5-6-11(10)16(8)13(19)20-14(2,3)4;1-5-10-7-3-2-6(9(12)13)4-8(7)11-5;8-5-2-1-4(7(10)11)3-6(5)9/h5-7H,1-4H3,(H,17,18);2-4H,1H3,(H,10,11)(H,12,13);1-3H,8-9H2,(H,10,11). The van der Waals surface area contributed by atoms with E-state index in [1.54, 1.807) is 52.0 Å². The van der Waals surface area contributed by atoms with E-state index in [-0.39, 0.29) is 16.7 Å². The molecule has 230 valence electrons. The lowest BCUT2D eigenvalue weighted by Gasteiger charge is -2.20. The van der Waals surface area contributed by atoms with Crippen LogP contribution in [0.5, 0.6) is 0 Å². The smallest absolute Gasteiger partial charge is 0.420 e. The number of aromatic amines is 1. The Hall–Kier alpha value is -5.92. The highest BCUT2D eigenvalue weighted by Gasteiger charge is 2.22. The number of carbonyl (C=O) groups excluding carboxylic acids is 1. The molecule has 14 heteroatoms. The molecule has 0 aliphatic heterocycles. The van der Waals surface area contributed by atoms with Crippen molar-refractivity contribution in [2.75, 3.05) is 11.5 Å². The largest absolute Gasteiger partial charge is 0.478 e. The Labute approximate surface area is 250 Å². The molecule has 0 saturated heterocycles. The van der Waals surface area contributed by atoms with E-state index in [1.165, 1.54) is 34.9 Å². The third-order valence-corrected chi connectivity index (χ3v) is 5.83. The van der Waals surface area contributed by atoms with Crippen molar-refractivity contribution in [3.05, 3.63) is 82.9 Å². The number of nitrogens with two attached hydrogens (primary N) is 2. The number of aromatic carboxylic acids is 3. The number of fused-ring (bicyclic) bond motifs is 2. The summed E-state index contributed by atoms with van der Waals surface area (Å²) >= 11 is 0. The second-order valence-electron chi connectivity index (χ2n) is 10.5. The topological polar surface area (TPSA) is 237 Å². The highest BCUT2D eigenvalue weighted by atomic mass is 16.6. The van der Waals surface area contributed by atoms with E-state index in [0.29, 0.717) is 28.2 Å². The number of anilines is 2. The Morgan fingerprint density at radius 1 is 0.750 bits per heavy atom. The number of carboxylic acid groups (broad SMARTS) is 3. The summed E-state index contributed by atoms with van der Waals surface area (Å²) in [5.41, 5.74) is 13.9. The fourth-order valence-electron chi connectivity index (χ4n) is 3.85. The van der Waals surface area contributed by atoms with Gasteiger partial charge in [0.2, 0.25) is 0 Å². The molecule has 0 fully saturated rings. The molecule has 14 nitrogen and oxygen atoms in total. The zero-order chi connectivity index (χ0) is 32.9. The SMILES string of the molecule is Cc1nc2cc(C(=O)O)ccc2n1C(=O)OC(C)(C)C.Cc1nc2ccc(C(=O)O)cc2[nH]1.Nc1ccc(C(=O)O)cc1N. The molecule has 44 heavy (non-hydrogen) atoms. The van der Waals surface area contributed by atoms with Crippen LogP contribution in [0.3, 0.4) is 0 Å². The summed E-state index contributed by atoms with van der Waals surface area (Å²) in [6.07, 6.45) is -0.527. The summed E-state index contributed by atoms with van der Waals surface area (Å²) in [4.78, 5) is 55.4. The molecule has 0 radical (unpaired) electrons. The van der Waals surface area contributed by atoms with E-state index in [4.69, 9.17) is 31.5 Å². The minimum Gasteiger partial charge on any atom is -0.478 e. The third-order valence-electron chi connectivity index (χ3n) is 5.83. The van der Waals surface area contributed by atoms with E-state index in [9.17, 15) is 19.2 Å². The molecule has 0 aliphatic carbocycles. The van der Waals surface area contributed by atoms with E-state index in [2.05, 4.69) is 15.0 Å². The number of hydrogen-bond acceptors (Lipinski definition) is 9. The second-order valence-corrected chi connectivity index (χ2v) is 10.5. The predicted octanol–water partition coefficient (Wildman–Crippen LogP) is 4.94. The number of nitrogen functional groups attached to an aromatic ring is 2. The molecular weight excluding hydrogens is 572 g/mol. The van der Waals surface area contributed by atoms with Crippen molar-refractivity contribution in [3.8, 4) is 0 Å². The lowest BCUT2D eigenvalue weighted by Crippen LogP contribution is -2.27. The van der Waals surface area contributed by atoms with Crippen LogP contribution in [0, 0.1) is 13.8 Å². The van der Waals surface area contributed by atoms with Crippen LogP contribution in [0.1, 0.15) is 63.5 Å². The molecule has 2 heterocycles. The number of hydrogen-bond donors (Lipinski definition) is 6. The molecule has 8 N–H and O–H groups in total. The van der Waals surface area contributed by atoms with Gasteiger partial charge in [0.15, 0.2) is 0 Å². The van der Waals surface area contributed by atoms with E-state index in [0.717, 1.165) is 16.9 Å². The normalized spacial score (nSPS) is 10.8. The molecule has 0 spiro atoms. The molecule has 0 saturated carbocycles. The minimum absolute atomic E-state index is 0.131. The van der Waals surface area contributed by atoms with Crippen molar-refractivity contribution in [1.29, 1.82) is 0 Å². The zero-order valence-corrected chi connectivity index (χ0v) is 24.6. The van der Waals surface area contributed by atoms with E-state index < -0.39 is 29.6 Å². The summed E-state index contributed by atoms with van der Waals surface area (Å²) in [7, 11) is 0. The number of imidazole rings is 2. The van der Waals surface area contributed by atoms with Crippen molar-refractivity contribution in [1.82, 2.24) is 19.5 Å². The number of ether oxygens (including phenoxy) is 1. The molecule has 5 aromatic rings. The molecule has 0 bridgehead atoms. The number of nitrogens with one attached hydrogen (secondary N) is 1. The maximum Gasteiger partial charge on any atom is 0.420 e. The number of rotatable bonds is 3. The molecule has 0 unspecified atom stereocenters. The summed E-state index contributed by atoms with van der Waals surface area (Å²) in [6, 6.07) is 13.5. The molecule has 2 aromatic heterocycles. The van der Waals surface area contributed by atoms with Crippen LogP contribution in [0.25, 0.3) is 22.1 Å². The van der Waals surface area contributed by atoms with Gasteiger partial charge >= 0.3 is 24.0 Å². The second kappa shape index (κ2) is 12.9. The van der Waals surface area contributed by atoms with Crippen LogP contribution in [0.15, 0.2) is 54.6 Å². The van der Waals surface area contributed by atoms with Gasteiger partial charge in [0.1, 0.15) is 17.2 Å². The van der Waals surface area contributed by atoms with Crippen LogP contribution in [-0.4, -0.2) is 64.4 Å². The van der Waals surface area contributed by atoms with Gasteiger partial charge < -0.3 is 36.5 Å². The average molecular weight is 605 g/mol. The van der Waals surface area contributed by atoms with Crippen LogP contribution >= 0.6 is 0 Å². The number of aromatic nitrogens is 4. The van der Waals surface area contributed by atoms with Crippen molar-refractivity contribution in [2.24, 2.45) is 0 Å². The molecule has 0 amide bonds. The number of aryl methyl sites for hydroxylation is 2. The van der Waals surface area contributed by atoms with Gasteiger partial charge in [0.25, 0.3) is 0 Å². The molecule has 5 rings (SSSR count). The van der Waals surface area contributed by atoms with Crippen molar-refractivity contribution >= 4 is 57.4 Å².